The van der Waals surface area contributed by atoms with Crippen LogP contribution in [0.25, 0.3) is 0 Å². The lowest BCUT2D eigenvalue weighted by Crippen LogP contribution is -2.51. The Kier molecular flexibility index (Phi) is 4.23. The average molecular weight is 286 g/mol. The molecular formula is C13H19FN2O2S. The van der Waals surface area contributed by atoms with Gasteiger partial charge in [-0.1, -0.05) is 6.07 Å². The third kappa shape index (κ3) is 3.32. The number of aryl methyl sites for hydroxylation is 1. The van der Waals surface area contributed by atoms with E-state index in [-0.39, 0.29) is 17.0 Å². The highest BCUT2D eigenvalue weighted by Crippen LogP contribution is 2.18. The summed E-state index contributed by atoms with van der Waals surface area (Å²) < 4.78 is 40.5. The molecule has 4 nitrogen and oxygen atoms in total. The van der Waals surface area contributed by atoms with Crippen LogP contribution in [0.1, 0.15) is 25.3 Å². The van der Waals surface area contributed by atoms with Gasteiger partial charge in [-0.25, -0.2) is 17.5 Å². The first-order chi connectivity index (χ1) is 8.90. The van der Waals surface area contributed by atoms with E-state index in [9.17, 15) is 12.8 Å². The molecule has 0 amide bonds. The summed E-state index contributed by atoms with van der Waals surface area (Å²) in [6, 6.07) is 3.74. The number of benzene rings is 1. The van der Waals surface area contributed by atoms with Gasteiger partial charge in [-0.2, -0.15) is 0 Å². The van der Waals surface area contributed by atoms with Crippen molar-refractivity contribution in [2.75, 3.05) is 6.54 Å². The highest BCUT2D eigenvalue weighted by Gasteiger charge is 2.27. The van der Waals surface area contributed by atoms with Crippen molar-refractivity contribution in [1.29, 1.82) is 0 Å². The quantitative estimate of drug-likeness (QED) is 0.886. The molecule has 0 spiro atoms. The third-order valence-electron chi connectivity index (χ3n) is 3.51. The second-order valence-corrected chi connectivity index (χ2v) is 6.71. The number of hydrogen-bond acceptors (Lipinski definition) is 3. The van der Waals surface area contributed by atoms with Crippen LogP contribution in [0.3, 0.4) is 0 Å². The molecule has 0 bridgehead atoms. The SMILES string of the molecule is Cc1ccc(F)cc1S(=O)(=O)N[C@@H]1CCCN[C@H]1C. The Hall–Kier alpha value is -0.980. The first-order valence-corrected chi connectivity index (χ1v) is 7.90. The molecular weight excluding hydrogens is 267 g/mol. The molecule has 1 fully saturated rings. The standard InChI is InChI=1S/C13H19FN2O2S/c1-9-5-6-11(14)8-13(9)19(17,18)16-12-4-3-7-15-10(12)2/h5-6,8,10,12,15-16H,3-4,7H2,1-2H3/t10-,12+/m0/s1. The highest BCUT2D eigenvalue weighted by molar-refractivity contribution is 7.89. The predicted molar refractivity (Wildman–Crippen MR) is 71.9 cm³/mol. The molecule has 2 N–H and O–H groups in total. The second kappa shape index (κ2) is 5.56. The van der Waals surface area contributed by atoms with Crippen molar-refractivity contribution >= 4 is 10.0 Å². The molecule has 0 aromatic heterocycles. The van der Waals surface area contributed by atoms with Crippen LogP contribution in [0.2, 0.25) is 0 Å². The van der Waals surface area contributed by atoms with Gasteiger partial charge in [-0.3, -0.25) is 0 Å². The van der Waals surface area contributed by atoms with Gasteiger partial charge in [0.25, 0.3) is 0 Å². The molecule has 1 aromatic carbocycles. The molecule has 106 valence electrons. The molecule has 0 saturated carbocycles. The number of nitrogens with one attached hydrogen (secondary N) is 2. The predicted octanol–water partition coefficient (Wildman–Crippen LogP) is 1.55. The summed E-state index contributed by atoms with van der Waals surface area (Å²) in [6.07, 6.45) is 1.72. The molecule has 19 heavy (non-hydrogen) atoms. The summed E-state index contributed by atoms with van der Waals surface area (Å²) in [5, 5.41) is 3.23. The zero-order chi connectivity index (χ0) is 14.0. The normalized spacial score (nSPS) is 24.4. The summed E-state index contributed by atoms with van der Waals surface area (Å²) in [5.41, 5.74) is 0.547. The minimum absolute atomic E-state index is 0.0188. The van der Waals surface area contributed by atoms with Gasteiger partial charge in [0.2, 0.25) is 10.0 Å². The average Bonchev–Trinajstić information content (AvgIpc) is 2.35. The van der Waals surface area contributed by atoms with Gasteiger partial charge in [0, 0.05) is 12.1 Å². The summed E-state index contributed by atoms with van der Waals surface area (Å²) in [7, 11) is -3.68. The third-order valence-corrected chi connectivity index (χ3v) is 5.14. The van der Waals surface area contributed by atoms with Crippen LogP contribution in [0, 0.1) is 12.7 Å². The molecule has 0 unspecified atom stereocenters. The summed E-state index contributed by atoms with van der Waals surface area (Å²) in [6.45, 7) is 4.51. The number of piperidine rings is 1. The Bertz CT molecular complexity index is 560. The van der Waals surface area contributed by atoms with Crippen molar-refractivity contribution < 1.29 is 12.8 Å². The number of rotatable bonds is 3. The zero-order valence-corrected chi connectivity index (χ0v) is 11.9. The van der Waals surface area contributed by atoms with Crippen molar-refractivity contribution in [2.24, 2.45) is 0 Å². The van der Waals surface area contributed by atoms with Gasteiger partial charge in [-0.15, -0.1) is 0 Å². The maximum absolute atomic E-state index is 13.2. The van der Waals surface area contributed by atoms with Gasteiger partial charge in [0.1, 0.15) is 5.82 Å². The molecule has 1 saturated heterocycles. The largest absolute Gasteiger partial charge is 0.313 e. The van der Waals surface area contributed by atoms with E-state index in [0.717, 1.165) is 25.5 Å². The molecule has 2 atom stereocenters. The maximum atomic E-state index is 13.2. The molecule has 1 aromatic rings. The Labute approximate surface area is 113 Å². The smallest absolute Gasteiger partial charge is 0.241 e. The van der Waals surface area contributed by atoms with E-state index in [2.05, 4.69) is 10.0 Å². The molecule has 2 rings (SSSR count). The fourth-order valence-electron chi connectivity index (χ4n) is 2.33. The van der Waals surface area contributed by atoms with Crippen molar-refractivity contribution in [3.8, 4) is 0 Å². The van der Waals surface area contributed by atoms with E-state index < -0.39 is 15.8 Å². The van der Waals surface area contributed by atoms with Crippen molar-refractivity contribution in [2.45, 2.75) is 43.7 Å². The van der Waals surface area contributed by atoms with Gasteiger partial charge in [-0.05, 0) is 50.9 Å². The second-order valence-electron chi connectivity index (χ2n) is 5.02. The fourth-order valence-corrected chi connectivity index (χ4v) is 3.94. The monoisotopic (exact) mass is 286 g/mol. The summed E-state index contributed by atoms with van der Waals surface area (Å²) in [4.78, 5) is 0.0188. The van der Waals surface area contributed by atoms with Crippen LogP contribution in [-0.2, 0) is 10.0 Å². The summed E-state index contributed by atoms with van der Waals surface area (Å²) in [5.74, 6) is -0.541. The lowest BCUT2D eigenvalue weighted by molar-refractivity contribution is 0.348. The van der Waals surface area contributed by atoms with E-state index in [1.165, 1.54) is 12.1 Å². The van der Waals surface area contributed by atoms with Crippen LogP contribution in [0.4, 0.5) is 4.39 Å². The zero-order valence-electron chi connectivity index (χ0n) is 11.1. The first kappa shape index (κ1) is 14.4. The van der Waals surface area contributed by atoms with Gasteiger partial charge < -0.3 is 5.32 Å². The summed E-state index contributed by atoms with van der Waals surface area (Å²) >= 11 is 0. The van der Waals surface area contributed by atoms with Crippen molar-refractivity contribution in [3.05, 3.63) is 29.6 Å². The Balaban J connectivity index is 2.24. The maximum Gasteiger partial charge on any atom is 0.241 e. The molecule has 0 aliphatic carbocycles. The van der Waals surface area contributed by atoms with Gasteiger partial charge >= 0.3 is 0 Å². The fraction of sp³-hybridized carbons (Fsp3) is 0.538. The van der Waals surface area contributed by atoms with Gasteiger partial charge in [0.15, 0.2) is 0 Å². The van der Waals surface area contributed by atoms with E-state index >= 15 is 0 Å². The lowest BCUT2D eigenvalue weighted by Gasteiger charge is -2.30. The van der Waals surface area contributed by atoms with E-state index in [1.807, 2.05) is 6.92 Å². The Morgan fingerprint density at radius 2 is 2.16 bits per heavy atom. The van der Waals surface area contributed by atoms with Crippen molar-refractivity contribution in [3.63, 3.8) is 0 Å². The molecule has 1 aliphatic rings. The lowest BCUT2D eigenvalue weighted by atomic mass is 10.0. The van der Waals surface area contributed by atoms with E-state index in [4.69, 9.17) is 0 Å². The number of sulfonamides is 1. The minimum Gasteiger partial charge on any atom is -0.313 e. The Morgan fingerprint density at radius 1 is 1.42 bits per heavy atom. The van der Waals surface area contributed by atoms with Crippen LogP contribution in [0.5, 0.6) is 0 Å². The molecule has 6 heteroatoms. The minimum atomic E-state index is -3.68. The highest BCUT2D eigenvalue weighted by atomic mass is 32.2. The molecule has 1 aliphatic heterocycles. The Morgan fingerprint density at radius 3 is 2.84 bits per heavy atom. The van der Waals surface area contributed by atoms with Crippen LogP contribution >= 0.6 is 0 Å². The molecule has 0 radical (unpaired) electrons. The van der Waals surface area contributed by atoms with Crippen LogP contribution in [-0.4, -0.2) is 27.0 Å². The van der Waals surface area contributed by atoms with Crippen LogP contribution < -0.4 is 10.0 Å². The number of hydrogen-bond donors (Lipinski definition) is 2. The van der Waals surface area contributed by atoms with Gasteiger partial charge in [0.05, 0.1) is 4.90 Å². The van der Waals surface area contributed by atoms with E-state index in [0.29, 0.717) is 5.56 Å². The van der Waals surface area contributed by atoms with Crippen LogP contribution in [0.15, 0.2) is 23.1 Å². The molecule has 1 heterocycles. The van der Waals surface area contributed by atoms with E-state index in [1.54, 1.807) is 6.92 Å². The first-order valence-electron chi connectivity index (χ1n) is 6.42. The van der Waals surface area contributed by atoms with Crippen molar-refractivity contribution in [1.82, 2.24) is 10.0 Å². The topological polar surface area (TPSA) is 58.2 Å². The number of halogens is 1.